The highest BCUT2D eigenvalue weighted by atomic mass is 32.2. The van der Waals surface area contributed by atoms with Gasteiger partial charge in [-0.2, -0.15) is 0 Å². The Morgan fingerprint density at radius 1 is 1.41 bits per heavy atom. The van der Waals surface area contributed by atoms with E-state index in [0.717, 1.165) is 0 Å². The lowest BCUT2D eigenvalue weighted by Crippen LogP contribution is -2.19. The average Bonchev–Trinajstić information content (AvgIpc) is 2.25. The van der Waals surface area contributed by atoms with Crippen LogP contribution in [0.1, 0.15) is 13.3 Å². The van der Waals surface area contributed by atoms with Gasteiger partial charge in [0, 0.05) is 0 Å². The fraction of sp³-hybridized carbons (Fsp3) is 0.300. The van der Waals surface area contributed by atoms with E-state index in [-0.39, 0.29) is 17.2 Å². The molecule has 1 aromatic carbocycles. The molecule has 1 aromatic rings. The van der Waals surface area contributed by atoms with E-state index in [9.17, 15) is 13.2 Å². The molecule has 94 valence electrons. The Kier molecular flexibility index (Phi) is 4.47. The number of sulfonamides is 1. The van der Waals surface area contributed by atoms with E-state index < -0.39 is 16.1 Å². The van der Waals surface area contributed by atoms with Crippen molar-refractivity contribution in [1.29, 1.82) is 0 Å². The van der Waals surface area contributed by atoms with Crippen molar-refractivity contribution in [3.63, 3.8) is 0 Å². The molecule has 6 nitrogen and oxygen atoms in total. The van der Waals surface area contributed by atoms with Gasteiger partial charge in [-0.25, -0.2) is 18.4 Å². The van der Waals surface area contributed by atoms with Gasteiger partial charge in [-0.1, -0.05) is 19.1 Å². The van der Waals surface area contributed by atoms with Gasteiger partial charge < -0.3 is 4.74 Å². The largest absolute Gasteiger partial charge is 0.449 e. The van der Waals surface area contributed by atoms with Gasteiger partial charge in [-0.3, -0.25) is 5.32 Å². The first-order valence-corrected chi connectivity index (χ1v) is 6.55. The van der Waals surface area contributed by atoms with Crippen molar-refractivity contribution in [2.75, 3.05) is 11.9 Å². The Balaban J connectivity index is 2.88. The molecule has 1 rings (SSSR count). The van der Waals surface area contributed by atoms with E-state index in [1.165, 1.54) is 18.2 Å². The van der Waals surface area contributed by atoms with E-state index in [0.29, 0.717) is 6.42 Å². The molecule has 3 N–H and O–H groups in total. The average molecular weight is 258 g/mol. The van der Waals surface area contributed by atoms with Crippen LogP contribution < -0.4 is 10.5 Å². The van der Waals surface area contributed by atoms with Gasteiger partial charge in [-0.05, 0) is 18.6 Å². The highest BCUT2D eigenvalue weighted by Crippen LogP contribution is 2.19. The van der Waals surface area contributed by atoms with Crippen LogP contribution in [0.25, 0.3) is 0 Å². The first kappa shape index (κ1) is 13.5. The van der Waals surface area contributed by atoms with Crippen molar-refractivity contribution in [2.24, 2.45) is 5.14 Å². The fourth-order valence-corrected chi connectivity index (χ4v) is 1.85. The third-order valence-corrected chi connectivity index (χ3v) is 2.84. The van der Waals surface area contributed by atoms with Gasteiger partial charge in [-0.15, -0.1) is 0 Å². The summed E-state index contributed by atoms with van der Waals surface area (Å²) in [4.78, 5) is 11.1. The Morgan fingerprint density at radius 2 is 2.06 bits per heavy atom. The van der Waals surface area contributed by atoms with Crippen molar-refractivity contribution < 1.29 is 17.9 Å². The number of primary sulfonamides is 1. The molecule has 0 saturated heterocycles. The smallest absolute Gasteiger partial charge is 0.411 e. The van der Waals surface area contributed by atoms with E-state index in [2.05, 4.69) is 5.32 Å². The Bertz CT molecular complexity index is 499. The maximum atomic E-state index is 11.3. The van der Waals surface area contributed by atoms with Crippen LogP contribution in [0.5, 0.6) is 0 Å². The minimum absolute atomic E-state index is 0.108. The zero-order chi connectivity index (χ0) is 12.9. The van der Waals surface area contributed by atoms with Crippen molar-refractivity contribution in [2.45, 2.75) is 18.2 Å². The second-order valence-corrected chi connectivity index (χ2v) is 4.83. The predicted molar refractivity (Wildman–Crippen MR) is 63.1 cm³/mol. The summed E-state index contributed by atoms with van der Waals surface area (Å²) in [5.74, 6) is 0. The van der Waals surface area contributed by atoms with Crippen molar-refractivity contribution in [3.8, 4) is 0 Å². The van der Waals surface area contributed by atoms with Gasteiger partial charge in [0.05, 0.1) is 12.3 Å². The van der Waals surface area contributed by atoms with Crippen molar-refractivity contribution >= 4 is 21.8 Å². The minimum atomic E-state index is -3.87. The predicted octanol–water partition coefficient (Wildman–Crippen LogP) is 1.29. The van der Waals surface area contributed by atoms with Gasteiger partial charge in [0.2, 0.25) is 10.0 Å². The van der Waals surface area contributed by atoms with Crippen LogP contribution in [0.3, 0.4) is 0 Å². The number of amides is 1. The molecule has 0 heterocycles. The quantitative estimate of drug-likeness (QED) is 0.850. The number of nitrogens with two attached hydrogens (primary N) is 1. The lowest BCUT2D eigenvalue weighted by molar-refractivity contribution is 0.161. The number of benzene rings is 1. The Hall–Kier alpha value is -1.60. The molecule has 0 unspecified atom stereocenters. The molecule has 0 fully saturated rings. The molecule has 0 aliphatic rings. The Morgan fingerprint density at radius 3 is 2.65 bits per heavy atom. The van der Waals surface area contributed by atoms with Crippen LogP contribution >= 0.6 is 0 Å². The zero-order valence-corrected chi connectivity index (χ0v) is 10.2. The van der Waals surface area contributed by atoms with Gasteiger partial charge >= 0.3 is 6.09 Å². The van der Waals surface area contributed by atoms with Crippen LogP contribution in [0.2, 0.25) is 0 Å². The summed E-state index contributed by atoms with van der Waals surface area (Å²) in [5, 5.41) is 7.35. The summed E-state index contributed by atoms with van der Waals surface area (Å²) >= 11 is 0. The number of para-hydroxylation sites is 1. The summed E-state index contributed by atoms with van der Waals surface area (Å²) in [6.45, 7) is 2.12. The SMILES string of the molecule is CCCOC(=O)Nc1ccccc1S(N)(=O)=O. The first-order valence-electron chi connectivity index (χ1n) is 5.00. The standard InChI is InChI=1S/C10H14N2O4S/c1-2-7-16-10(13)12-8-5-3-4-6-9(8)17(11,14)15/h3-6H,2,7H2,1H3,(H,12,13)(H2,11,14,15). The molecule has 0 aliphatic carbocycles. The molecule has 0 atom stereocenters. The molecule has 0 aromatic heterocycles. The maximum Gasteiger partial charge on any atom is 0.411 e. The van der Waals surface area contributed by atoms with Crippen LogP contribution in [0.15, 0.2) is 29.2 Å². The van der Waals surface area contributed by atoms with Crippen LogP contribution in [-0.2, 0) is 14.8 Å². The molecule has 0 radical (unpaired) electrons. The van der Waals surface area contributed by atoms with Crippen molar-refractivity contribution in [1.82, 2.24) is 0 Å². The molecule has 0 saturated carbocycles. The highest BCUT2D eigenvalue weighted by Gasteiger charge is 2.15. The fourth-order valence-electron chi connectivity index (χ4n) is 1.16. The Labute approximate surface area is 99.8 Å². The summed E-state index contributed by atoms with van der Waals surface area (Å²) < 4.78 is 27.2. The summed E-state index contributed by atoms with van der Waals surface area (Å²) in [7, 11) is -3.87. The van der Waals surface area contributed by atoms with Crippen LogP contribution in [0, 0.1) is 0 Å². The van der Waals surface area contributed by atoms with Crippen LogP contribution in [-0.4, -0.2) is 21.1 Å². The van der Waals surface area contributed by atoms with E-state index >= 15 is 0 Å². The number of hydrogen-bond donors (Lipinski definition) is 2. The van der Waals surface area contributed by atoms with Gasteiger partial charge in [0.1, 0.15) is 4.90 Å². The van der Waals surface area contributed by atoms with Crippen LogP contribution in [0.4, 0.5) is 10.5 Å². The maximum absolute atomic E-state index is 11.3. The van der Waals surface area contributed by atoms with Gasteiger partial charge in [0.25, 0.3) is 0 Å². The number of rotatable bonds is 4. The lowest BCUT2D eigenvalue weighted by atomic mass is 10.3. The lowest BCUT2D eigenvalue weighted by Gasteiger charge is -2.09. The normalized spacial score (nSPS) is 10.9. The monoisotopic (exact) mass is 258 g/mol. The molecule has 0 aliphatic heterocycles. The molecule has 7 heteroatoms. The molecule has 0 spiro atoms. The summed E-state index contributed by atoms with van der Waals surface area (Å²) in [6.07, 6.45) is -0.0208. The highest BCUT2D eigenvalue weighted by molar-refractivity contribution is 7.89. The second-order valence-electron chi connectivity index (χ2n) is 3.30. The number of hydrogen-bond acceptors (Lipinski definition) is 4. The molecular weight excluding hydrogens is 244 g/mol. The first-order chi connectivity index (χ1) is 7.95. The van der Waals surface area contributed by atoms with E-state index in [1.54, 1.807) is 6.07 Å². The third-order valence-electron chi connectivity index (χ3n) is 1.87. The summed E-state index contributed by atoms with van der Waals surface area (Å²) in [6, 6.07) is 5.85. The number of carbonyl (C=O) groups is 1. The minimum Gasteiger partial charge on any atom is -0.449 e. The number of anilines is 1. The zero-order valence-electron chi connectivity index (χ0n) is 9.34. The second kappa shape index (κ2) is 5.65. The molecular formula is C10H14N2O4S. The van der Waals surface area contributed by atoms with Gasteiger partial charge in [0.15, 0.2) is 0 Å². The summed E-state index contributed by atoms with van der Waals surface area (Å²) in [5.41, 5.74) is 0.108. The third kappa shape index (κ3) is 4.04. The molecule has 17 heavy (non-hydrogen) atoms. The number of ether oxygens (including phenoxy) is 1. The number of carbonyl (C=O) groups excluding carboxylic acids is 1. The van der Waals surface area contributed by atoms with Crippen molar-refractivity contribution in [3.05, 3.63) is 24.3 Å². The van der Waals surface area contributed by atoms with E-state index in [1.807, 2.05) is 6.92 Å². The molecule has 1 amide bonds. The topological polar surface area (TPSA) is 98.5 Å². The number of nitrogens with one attached hydrogen (secondary N) is 1. The molecule has 0 bridgehead atoms. The van der Waals surface area contributed by atoms with E-state index in [4.69, 9.17) is 9.88 Å².